The van der Waals surface area contributed by atoms with Crippen LogP contribution in [-0.2, 0) is 10.2 Å². The normalized spacial score (nSPS) is 12.4. The highest BCUT2D eigenvalue weighted by atomic mass is 35.5. The third-order valence-corrected chi connectivity index (χ3v) is 5.82. The maximum atomic E-state index is 13.2. The van der Waals surface area contributed by atoms with Gasteiger partial charge in [-0.05, 0) is 23.8 Å². The number of nitrogens with one attached hydrogen (secondary N) is 1. The van der Waals surface area contributed by atoms with Gasteiger partial charge in [-0.15, -0.1) is 10.2 Å². The van der Waals surface area contributed by atoms with Gasteiger partial charge in [0.1, 0.15) is 11.0 Å². The fourth-order valence-corrected chi connectivity index (χ4v) is 4.04. The topological polar surface area (TPSA) is 95.1 Å². The monoisotopic (exact) mass is 445 g/mol. The van der Waals surface area contributed by atoms with Gasteiger partial charge in [-0.25, -0.2) is 4.68 Å². The SMILES string of the molecule is COc1ccc(NC(=O)C(Sc2nnc(C(C)(C)C)n2N)c2ccccc2)cc1Cl. The maximum absolute atomic E-state index is 13.2. The van der Waals surface area contributed by atoms with E-state index in [9.17, 15) is 4.79 Å². The molecule has 3 N–H and O–H groups in total. The molecule has 0 bridgehead atoms. The zero-order valence-corrected chi connectivity index (χ0v) is 18.8. The van der Waals surface area contributed by atoms with Gasteiger partial charge >= 0.3 is 0 Å². The minimum atomic E-state index is -0.591. The number of benzene rings is 2. The number of aromatic nitrogens is 3. The standard InChI is InChI=1S/C21H24ClN5O2S/c1-21(2,3)19-25-26-20(27(19)23)30-17(13-8-6-5-7-9-13)18(28)24-14-10-11-16(29-4)15(22)12-14/h5-12,17H,23H2,1-4H3,(H,24,28). The molecule has 9 heteroatoms. The van der Waals surface area contributed by atoms with E-state index >= 15 is 0 Å². The van der Waals surface area contributed by atoms with E-state index in [-0.39, 0.29) is 11.3 Å². The Balaban J connectivity index is 1.89. The molecule has 0 aliphatic heterocycles. The molecule has 0 saturated carbocycles. The van der Waals surface area contributed by atoms with Crippen molar-refractivity contribution in [2.75, 3.05) is 18.3 Å². The van der Waals surface area contributed by atoms with Crippen molar-refractivity contribution in [3.05, 3.63) is 64.9 Å². The fourth-order valence-electron chi connectivity index (χ4n) is 2.83. The molecule has 1 unspecified atom stereocenters. The largest absolute Gasteiger partial charge is 0.495 e. The molecule has 1 atom stereocenters. The Bertz CT molecular complexity index is 1030. The van der Waals surface area contributed by atoms with E-state index in [2.05, 4.69) is 15.5 Å². The maximum Gasteiger partial charge on any atom is 0.242 e. The number of halogens is 1. The molecule has 1 heterocycles. The van der Waals surface area contributed by atoms with Gasteiger partial charge in [-0.2, -0.15) is 0 Å². The van der Waals surface area contributed by atoms with Gasteiger partial charge < -0.3 is 15.9 Å². The van der Waals surface area contributed by atoms with Gasteiger partial charge in [0.05, 0.1) is 12.1 Å². The van der Waals surface area contributed by atoms with Crippen LogP contribution >= 0.6 is 23.4 Å². The van der Waals surface area contributed by atoms with Crippen LogP contribution < -0.4 is 15.9 Å². The van der Waals surface area contributed by atoms with Gasteiger partial charge in [0, 0.05) is 11.1 Å². The molecule has 3 aromatic rings. The number of hydrogen-bond donors (Lipinski definition) is 2. The van der Waals surface area contributed by atoms with E-state index in [0.29, 0.717) is 27.4 Å². The highest BCUT2D eigenvalue weighted by Gasteiger charge is 2.28. The Labute approximate surface area is 184 Å². The molecule has 0 saturated heterocycles. The first-order valence-corrected chi connectivity index (χ1v) is 10.5. The average Bonchev–Trinajstić information content (AvgIpc) is 3.07. The number of nitrogen functional groups attached to an aromatic ring is 1. The Morgan fingerprint density at radius 1 is 1.20 bits per heavy atom. The minimum Gasteiger partial charge on any atom is -0.495 e. The molecule has 3 rings (SSSR count). The fraction of sp³-hybridized carbons (Fsp3) is 0.286. The summed E-state index contributed by atoms with van der Waals surface area (Å²) in [5.74, 6) is 7.17. The van der Waals surface area contributed by atoms with Crippen molar-refractivity contribution in [3.8, 4) is 5.75 Å². The number of hydrogen-bond acceptors (Lipinski definition) is 6. The molecule has 0 aliphatic carbocycles. The van der Waals surface area contributed by atoms with Gasteiger partial charge in [0.25, 0.3) is 0 Å². The lowest BCUT2D eigenvalue weighted by Gasteiger charge is -2.19. The van der Waals surface area contributed by atoms with E-state index in [1.807, 2.05) is 51.1 Å². The van der Waals surface area contributed by atoms with Gasteiger partial charge in [0.15, 0.2) is 5.82 Å². The number of methoxy groups -OCH3 is 1. The second-order valence-corrected chi connectivity index (χ2v) is 9.15. The van der Waals surface area contributed by atoms with Gasteiger partial charge in [-0.3, -0.25) is 4.79 Å². The lowest BCUT2D eigenvalue weighted by molar-refractivity contribution is -0.115. The van der Waals surface area contributed by atoms with Crippen LogP contribution in [-0.4, -0.2) is 27.9 Å². The van der Waals surface area contributed by atoms with E-state index < -0.39 is 5.25 Å². The van der Waals surface area contributed by atoms with E-state index in [4.69, 9.17) is 22.2 Å². The Kier molecular flexibility index (Phi) is 6.58. The number of ether oxygens (including phenoxy) is 1. The number of amides is 1. The first-order valence-electron chi connectivity index (χ1n) is 9.27. The summed E-state index contributed by atoms with van der Waals surface area (Å²) in [5, 5.41) is 11.6. The second kappa shape index (κ2) is 8.97. The zero-order valence-electron chi connectivity index (χ0n) is 17.2. The highest BCUT2D eigenvalue weighted by Crippen LogP contribution is 2.36. The van der Waals surface area contributed by atoms with Crippen LogP contribution in [0.15, 0.2) is 53.7 Å². The quantitative estimate of drug-likeness (QED) is 0.430. The number of carbonyl (C=O) groups is 1. The highest BCUT2D eigenvalue weighted by molar-refractivity contribution is 8.00. The number of carbonyl (C=O) groups excluding carboxylic acids is 1. The predicted molar refractivity (Wildman–Crippen MR) is 121 cm³/mol. The van der Waals surface area contributed by atoms with Crippen molar-refractivity contribution in [2.45, 2.75) is 36.6 Å². The van der Waals surface area contributed by atoms with E-state index in [0.717, 1.165) is 5.56 Å². The summed E-state index contributed by atoms with van der Waals surface area (Å²) in [6, 6.07) is 14.5. The molecule has 7 nitrogen and oxygen atoms in total. The van der Waals surface area contributed by atoms with Crippen LogP contribution in [0.25, 0.3) is 0 Å². The summed E-state index contributed by atoms with van der Waals surface area (Å²) in [7, 11) is 1.54. The Hall–Kier alpha value is -2.71. The lowest BCUT2D eigenvalue weighted by atomic mass is 9.96. The molecule has 0 spiro atoms. The molecular formula is C21H24ClN5O2S. The Morgan fingerprint density at radius 3 is 2.47 bits per heavy atom. The zero-order chi connectivity index (χ0) is 21.9. The van der Waals surface area contributed by atoms with Crippen molar-refractivity contribution < 1.29 is 9.53 Å². The molecule has 1 amide bonds. The molecule has 2 aromatic carbocycles. The van der Waals surface area contributed by atoms with Crippen LogP contribution in [0.3, 0.4) is 0 Å². The average molecular weight is 446 g/mol. The second-order valence-electron chi connectivity index (χ2n) is 7.67. The van der Waals surface area contributed by atoms with E-state index in [1.54, 1.807) is 18.2 Å². The van der Waals surface area contributed by atoms with Crippen LogP contribution in [0.2, 0.25) is 5.02 Å². The van der Waals surface area contributed by atoms with Crippen molar-refractivity contribution in [2.24, 2.45) is 0 Å². The number of rotatable bonds is 6. The smallest absolute Gasteiger partial charge is 0.242 e. The van der Waals surface area contributed by atoms with Crippen molar-refractivity contribution >= 4 is 35.0 Å². The van der Waals surface area contributed by atoms with Crippen LogP contribution in [0, 0.1) is 0 Å². The summed E-state index contributed by atoms with van der Waals surface area (Å²) in [5.41, 5.74) is 1.11. The predicted octanol–water partition coefficient (Wildman–Crippen LogP) is 4.42. The van der Waals surface area contributed by atoms with Gasteiger partial charge in [-0.1, -0.05) is 74.5 Å². The lowest BCUT2D eigenvalue weighted by Crippen LogP contribution is -2.25. The van der Waals surface area contributed by atoms with Crippen LogP contribution in [0.4, 0.5) is 5.69 Å². The number of nitrogens with zero attached hydrogens (tertiary/aromatic N) is 3. The summed E-state index contributed by atoms with van der Waals surface area (Å²) in [6.07, 6.45) is 0. The van der Waals surface area contributed by atoms with Crippen LogP contribution in [0.5, 0.6) is 5.75 Å². The summed E-state index contributed by atoms with van der Waals surface area (Å²) in [4.78, 5) is 13.2. The third kappa shape index (κ3) is 4.88. The molecule has 158 valence electrons. The number of anilines is 1. The molecule has 1 aromatic heterocycles. The molecule has 0 aliphatic rings. The first-order chi connectivity index (χ1) is 14.2. The summed E-state index contributed by atoms with van der Waals surface area (Å²) < 4.78 is 6.61. The number of nitrogens with two attached hydrogens (primary N) is 1. The van der Waals surface area contributed by atoms with Crippen molar-refractivity contribution in [1.29, 1.82) is 0 Å². The van der Waals surface area contributed by atoms with Crippen molar-refractivity contribution in [1.82, 2.24) is 14.9 Å². The first kappa shape index (κ1) is 22.0. The Morgan fingerprint density at radius 2 is 1.90 bits per heavy atom. The molecular weight excluding hydrogens is 422 g/mol. The summed E-state index contributed by atoms with van der Waals surface area (Å²) >= 11 is 7.43. The third-order valence-electron chi connectivity index (χ3n) is 4.32. The van der Waals surface area contributed by atoms with Crippen LogP contribution in [0.1, 0.15) is 37.4 Å². The van der Waals surface area contributed by atoms with Crippen molar-refractivity contribution in [3.63, 3.8) is 0 Å². The van der Waals surface area contributed by atoms with E-state index in [1.165, 1.54) is 23.5 Å². The summed E-state index contributed by atoms with van der Waals surface area (Å²) in [6.45, 7) is 6.01. The number of thioether (sulfide) groups is 1. The van der Waals surface area contributed by atoms with Gasteiger partial charge in [0.2, 0.25) is 11.1 Å². The molecule has 0 radical (unpaired) electrons. The molecule has 0 fully saturated rings. The molecule has 30 heavy (non-hydrogen) atoms. The minimum absolute atomic E-state index is 0.229.